The summed E-state index contributed by atoms with van der Waals surface area (Å²) in [4.78, 5) is 18.0. The van der Waals surface area contributed by atoms with Crippen LogP contribution in [0.1, 0.15) is 16.7 Å². The van der Waals surface area contributed by atoms with Crippen LogP contribution in [-0.4, -0.2) is 52.7 Å². The van der Waals surface area contributed by atoms with Crippen LogP contribution in [0.25, 0.3) is 0 Å². The van der Waals surface area contributed by atoms with Crippen molar-refractivity contribution >= 4 is 17.7 Å². The molecule has 5 heteroatoms. The standard InChI is InChI=1S/C21H26N2O2S/c1-17-6-2-5-9-20(17)26-16-21(25)23-12-10-22(11-13-23)14-18-7-3-4-8-19(18)15-24/h2-9,24H,10-16H2,1H3. The molecule has 0 radical (unpaired) electrons. The lowest BCUT2D eigenvalue weighted by molar-refractivity contribution is -0.130. The van der Waals surface area contributed by atoms with Gasteiger partial charge in [-0.15, -0.1) is 11.8 Å². The van der Waals surface area contributed by atoms with Crippen molar-refractivity contribution in [1.82, 2.24) is 9.80 Å². The Hall–Kier alpha value is -1.82. The van der Waals surface area contributed by atoms with E-state index in [4.69, 9.17) is 0 Å². The summed E-state index contributed by atoms with van der Waals surface area (Å²) in [5, 5.41) is 9.46. The van der Waals surface area contributed by atoms with Crippen molar-refractivity contribution in [2.24, 2.45) is 0 Å². The van der Waals surface area contributed by atoms with Gasteiger partial charge in [0.05, 0.1) is 12.4 Å². The summed E-state index contributed by atoms with van der Waals surface area (Å²) in [6.07, 6.45) is 0. The molecule has 0 unspecified atom stereocenters. The average Bonchev–Trinajstić information content (AvgIpc) is 2.68. The van der Waals surface area contributed by atoms with Crippen LogP contribution in [0, 0.1) is 6.92 Å². The van der Waals surface area contributed by atoms with E-state index >= 15 is 0 Å². The largest absolute Gasteiger partial charge is 0.392 e. The van der Waals surface area contributed by atoms with Gasteiger partial charge in [-0.2, -0.15) is 0 Å². The van der Waals surface area contributed by atoms with Gasteiger partial charge in [-0.25, -0.2) is 0 Å². The molecule has 3 rings (SSSR count). The Labute approximate surface area is 159 Å². The number of thioether (sulfide) groups is 1. The van der Waals surface area contributed by atoms with Crippen molar-refractivity contribution in [1.29, 1.82) is 0 Å². The number of carbonyl (C=O) groups is 1. The molecular formula is C21H26N2O2S. The van der Waals surface area contributed by atoms with Crippen LogP contribution in [0.5, 0.6) is 0 Å². The molecule has 2 aromatic carbocycles. The molecule has 0 bridgehead atoms. The van der Waals surface area contributed by atoms with Crippen LogP contribution in [0.3, 0.4) is 0 Å². The molecule has 1 saturated heterocycles. The maximum atomic E-state index is 12.5. The molecule has 0 atom stereocenters. The van der Waals surface area contributed by atoms with E-state index in [1.165, 1.54) is 16.0 Å². The lowest BCUT2D eigenvalue weighted by Gasteiger charge is -2.35. The monoisotopic (exact) mass is 370 g/mol. The molecule has 0 saturated carbocycles. The Morgan fingerprint density at radius 3 is 2.35 bits per heavy atom. The maximum absolute atomic E-state index is 12.5. The Balaban J connectivity index is 1.47. The van der Waals surface area contributed by atoms with E-state index in [2.05, 4.69) is 30.0 Å². The van der Waals surface area contributed by atoms with Gasteiger partial charge in [0.1, 0.15) is 0 Å². The molecule has 2 aromatic rings. The molecule has 0 aliphatic carbocycles. The van der Waals surface area contributed by atoms with Crippen molar-refractivity contribution in [3.05, 3.63) is 65.2 Å². The Kier molecular flexibility index (Phi) is 6.72. The SMILES string of the molecule is Cc1ccccc1SCC(=O)N1CCN(Cc2ccccc2CO)CC1. The van der Waals surface area contributed by atoms with Crippen LogP contribution < -0.4 is 0 Å². The number of aliphatic hydroxyl groups excluding tert-OH is 1. The molecule has 138 valence electrons. The van der Waals surface area contributed by atoms with Gasteiger partial charge in [0.25, 0.3) is 0 Å². The smallest absolute Gasteiger partial charge is 0.233 e. The Bertz CT molecular complexity index is 742. The molecule has 0 aromatic heterocycles. The topological polar surface area (TPSA) is 43.8 Å². The number of piperazine rings is 1. The fourth-order valence-electron chi connectivity index (χ4n) is 3.21. The molecule has 1 aliphatic heterocycles. The van der Waals surface area contributed by atoms with Gasteiger partial charge in [-0.05, 0) is 29.7 Å². The highest BCUT2D eigenvalue weighted by molar-refractivity contribution is 8.00. The van der Waals surface area contributed by atoms with Crippen LogP contribution in [0.2, 0.25) is 0 Å². The van der Waals surface area contributed by atoms with Crippen molar-refractivity contribution in [3.63, 3.8) is 0 Å². The number of aryl methyl sites for hydroxylation is 1. The zero-order valence-electron chi connectivity index (χ0n) is 15.2. The Morgan fingerprint density at radius 1 is 1.00 bits per heavy atom. The number of nitrogens with zero attached hydrogens (tertiary/aromatic N) is 2. The number of carbonyl (C=O) groups excluding carboxylic acids is 1. The van der Waals surface area contributed by atoms with Crippen LogP contribution >= 0.6 is 11.8 Å². The molecular weight excluding hydrogens is 344 g/mol. The predicted molar refractivity (Wildman–Crippen MR) is 106 cm³/mol. The van der Waals surface area contributed by atoms with Gasteiger partial charge in [0, 0.05) is 37.6 Å². The van der Waals surface area contributed by atoms with Gasteiger partial charge >= 0.3 is 0 Å². The number of hydrogen-bond donors (Lipinski definition) is 1. The molecule has 26 heavy (non-hydrogen) atoms. The first-order valence-corrected chi connectivity index (χ1v) is 10.0. The van der Waals surface area contributed by atoms with E-state index in [0.29, 0.717) is 5.75 Å². The van der Waals surface area contributed by atoms with Crippen LogP contribution in [0.4, 0.5) is 0 Å². The van der Waals surface area contributed by atoms with E-state index < -0.39 is 0 Å². The van der Waals surface area contributed by atoms with E-state index in [-0.39, 0.29) is 12.5 Å². The lowest BCUT2D eigenvalue weighted by atomic mass is 10.1. The number of hydrogen-bond acceptors (Lipinski definition) is 4. The molecule has 1 amide bonds. The van der Waals surface area contributed by atoms with Crippen LogP contribution in [-0.2, 0) is 17.9 Å². The summed E-state index contributed by atoms with van der Waals surface area (Å²) in [5.41, 5.74) is 3.38. The Morgan fingerprint density at radius 2 is 1.65 bits per heavy atom. The molecule has 4 nitrogen and oxygen atoms in total. The summed E-state index contributed by atoms with van der Waals surface area (Å²) < 4.78 is 0. The first kappa shape index (κ1) is 19.0. The summed E-state index contributed by atoms with van der Waals surface area (Å²) in [6, 6.07) is 16.2. The van der Waals surface area contributed by atoms with E-state index in [9.17, 15) is 9.90 Å². The lowest BCUT2D eigenvalue weighted by Crippen LogP contribution is -2.48. The first-order chi connectivity index (χ1) is 12.7. The fraction of sp³-hybridized carbons (Fsp3) is 0.381. The number of aliphatic hydroxyl groups is 1. The van der Waals surface area contributed by atoms with E-state index in [1.54, 1.807) is 11.8 Å². The molecule has 1 N–H and O–H groups in total. The third-order valence-corrected chi connectivity index (χ3v) is 6.01. The third kappa shape index (κ3) is 4.87. The summed E-state index contributed by atoms with van der Waals surface area (Å²) in [6.45, 7) is 6.28. The van der Waals surface area contributed by atoms with Crippen molar-refractivity contribution in [2.45, 2.75) is 25.0 Å². The predicted octanol–water partition coefficient (Wildman–Crippen LogP) is 2.92. The van der Waals surface area contributed by atoms with Crippen LogP contribution in [0.15, 0.2) is 53.4 Å². The highest BCUT2D eigenvalue weighted by Crippen LogP contribution is 2.22. The molecule has 1 fully saturated rings. The van der Waals surface area contributed by atoms with Crippen molar-refractivity contribution in [3.8, 4) is 0 Å². The number of amides is 1. The summed E-state index contributed by atoms with van der Waals surface area (Å²) in [7, 11) is 0. The van der Waals surface area contributed by atoms with Gasteiger partial charge in [0.15, 0.2) is 0 Å². The highest BCUT2D eigenvalue weighted by Gasteiger charge is 2.21. The quantitative estimate of drug-likeness (QED) is 0.794. The third-order valence-electron chi connectivity index (χ3n) is 4.85. The minimum absolute atomic E-state index is 0.0742. The second kappa shape index (κ2) is 9.21. The zero-order chi connectivity index (χ0) is 18.4. The summed E-state index contributed by atoms with van der Waals surface area (Å²) >= 11 is 1.62. The first-order valence-electron chi connectivity index (χ1n) is 9.03. The number of benzene rings is 2. The minimum Gasteiger partial charge on any atom is -0.392 e. The minimum atomic E-state index is 0.0742. The highest BCUT2D eigenvalue weighted by atomic mass is 32.2. The second-order valence-corrected chi connectivity index (χ2v) is 7.66. The summed E-state index contributed by atoms with van der Waals surface area (Å²) in [5.74, 6) is 0.715. The van der Waals surface area contributed by atoms with Crippen molar-refractivity contribution in [2.75, 3.05) is 31.9 Å². The van der Waals surface area contributed by atoms with Gasteiger partial charge in [0.2, 0.25) is 5.91 Å². The van der Waals surface area contributed by atoms with E-state index in [1.807, 2.05) is 35.2 Å². The van der Waals surface area contributed by atoms with Gasteiger partial charge in [-0.3, -0.25) is 9.69 Å². The average molecular weight is 371 g/mol. The normalized spacial score (nSPS) is 15.2. The van der Waals surface area contributed by atoms with E-state index in [0.717, 1.165) is 38.3 Å². The maximum Gasteiger partial charge on any atom is 0.233 e. The zero-order valence-corrected chi connectivity index (χ0v) is 16.0. The van der Waals surface area contributed by atoms with Crippen molar-refractivity contribution < 1.29 is 9.90 Å². The molecule has 1 heterocycles. The van der Waals surface area contributed by atoms with Gasteiger partial charge < -0.3 is 10.0 Å². The van der Waals surface area contributed by atoms with Gasteiger partial charge in [-0.1, -0.05) is 42.5 Å². The molecule has 0 spiro atoms. The second-order valence-electron chi connectivity index (χ2n) is 6.64. The number of rotatable bonds is 6. The molecule has 1 aliphatic rings. The fourth-order valence-corrected chi connectivity index (χ4v) is 4.14.